The van der Waals surface area contributed by atoms with E-state index in [1.807, 2.05) is 48.5 Å². The zero-order valence-corrected chi connectivity index (χ0v) is 12.8. The van der Waals surface area contributed by atoms with Crippen LogP contribution in [0.3, 0.4) is 0 Å². The standard InChI is InChI=1S/C18H24N4/c19-13-7-1-3-9-15(13)21-17-11-5-6-12-18(17)22-16-10-4-2-8-14(16)20/h1-4,7-10,17-18,21-22H,5-6,11-12,19-20H2/t17-,18-/m0/s1. The topological polar surface area (TPSA) is 76.1 Å². The summed E-state index contributed by atoms with van der Waals surface area (Å²) in [6.07, 6.45) is 4.76. The van der Waals surface area contributed by atoms with Gasteiger partial charge >= 0.3 is 0 Å². The van der Waals surface area contributed by atoms with Crippen LogP contribution < -0.4 is 22.1 Å². The molecule has 4 heteroatoms. The van der Waals surface area contributed by atoms with Gasteiger partial charge in [0.05, 0.1) is 22.7 Å². The molecule has 0 amide bonds. The van der Waals surface area contributed by atoms with Gasteiger partial charge in [0.15, 0.2) is 0 Å². The molecule has 2 aromatic carbocycles. The Morgan fingerprint density at radius 2 is 1.09 bits per heavy atom. The molecule has 0 aromatic heterocycles. The largest absolute Gasteiger partial charge is 0.397 e. The molecule has 1 aliphatic rings. The molecular formula is C18H24N4. The molecule has 1 aliphatic carbocycles. The van der Waals surface area contributed by atoms with E-state index in [4.69, 9.17) is 11.5 Å². The summed E-state index contributed by atoms with van der Waals surface area (Å²) in [5.74, 6) is 0. The minimum Gasteiger partial charge on any atom is -0.397 e. The number of hydrogen-bond donors (Lipinski definition) is 4. The van der Waals surface area contributed by atoms with Crippen molar-refractivity contribution in [1.82, 2.24) is 0 Å². The summed E-state index contributed by atoms with van der Waals surface area (Å²) < 4.78 is 0. The van der Waals surface area contributed by atoms with E-state index in [0.717, 1.165) is 35.6 Å². The number of rotatable bonds is 4. The van der Waals surface area contributed by atoms with Crippen LogP contribution in [0.4, 0.5) is 22.7 Å². The van der Waals surface area contributed by atoms with Crippen LogP contribution in [-0.2, 0) is 0 Å². The molecule has 0 radical (unpaired) electrons. The Morgan fingerprint density at radius 3 is 1.50 bits per heavy atom. The molecule has 0 heterocycles. The maximum atomic E-state index is 6.06. The highest BCUT2D eigenvalue weighted by Crippen LogP contribution is 2.28. The molecule has 2 aromatic rings. The van der Waals surface area contributed by atoms with E-state index < -0.39 is 0 Å². The van der Waals surface area contributed by atoms with Crippen molar-refractivity contribution in [2.24, 2.45) is 0 Å². The molecule has 2 atom stereocenters. The third-order valence-corrected chi connectivity index (χ3v) is 4.37. The van der Waals surface area contributed by atoms with Gasteiger partial charge in [0, 0.05) is 12.1 Å². The van der Waals surface area contributed by atoms with Crippen molar-refractivity contribution in [3.63, 3.8) is 0 Å². The van der Waals surface area contributed by atoms with Crippen LogP contribution in [0, 0.1) is 0 Å². The molecular weight excluding hydrogens is 272 g/mol. The van der Waals surface area contributed by atoms with Gasteiger partial charge in [0.25, 0.3) is 0 Å². The molecule has 1 saturated carbocycles. The van der Waals surface area contributed by atoms with E-state index in [2.05, 4.69) is 10.6 Å². The fourth-order valence-corrected chi connectivity index (χ4v) is 3.13. The lowest BCUT2D eigenvalue weighted by Crippen LogP contribution is -2.42. The zero-order valence-electron chi connectivity index (χ0n) is 12.8. The second kappa shape index (κ2) is 6.60. The van der Waals surface area contributed by atoms with Crippen LogP contribution in [0.1, 0.15) is 25.7 Å². The summed E-state index contributed by atoms with van der Waals surface area (Å²) in [6.45, 7) is 0. The van der Waals surface area contributed by atoms with Crippen molar-refractivity contribution in [2.75, 3.05) is 22.1 Å². The van der Waals surface area contributed by atoms with Crippen LogP contribution >= 0.6 is 0 Å². The quantitative estimate of drug-likeness (QED) is 0.649. The number of benzene rings is 2. The van der Waals surface area contributed by atoms with Crippen molar-refractivity contribution in [3.8, 4) is 0 Å². The first-order valence-corrected chi connectivity index (χ1v) is 7.96. The van der Waals surface area contributed by atoms with E-state index in [1.165, 1.54) is 12.8 Å². The van der Waals surface area contributed by atoms with Gasteiger partial charge in [-0.05, 0) is 37.1 Å². The van der Waals surface area contributed by atoms with Crippen LogP contribution in [0.5, 0.6) is 0 Å². The monoisotopic (exact) mass is 296 g/mol. The van der Waals surface area contributed by atoms with Crippen molar-refractivity contribution in [3.05, 3.63) is 48.5 Å². The number of anilines is 4. The molecule has 22 heavy (non-hydrogen) atoms. The SMILES string of the molecule is Nc1ccccc1N[C@H]1CCCC[C@@H]1Nc1ccccc1N. The third-order valence-electron chi connectivity index (χ3n) is 4.37. The van der Waals surface area contributed by atoms with E-state index in [9.17, 15) is 0 Å². The number of nitrogens with one attached hydrogen (secondary N) is 2. The van der Waals surface area contributed by atoms with Gasteiger partial charge < -0.3 is 22.1 Å². The Hall–Kier alpha value is -2.36. The van der Waals surface area contributed by atoms with Crippen LogP contribution in [0.25, 0.3) is 0 Å². The van der Waals surface area contributed by atoms with Gasteiger partial charge in [-0.3, -0.25) is 0 Å². The maximum Gasteiger partial charge on any atom is 0.0576 e. The average Bonchev–Trinajstić information content (AvgIpc) is 2.53. The average molecular weight is 296 g/mol. The van der Waals surface area contributed by atoms with Gasteiger partial charge in [-0.1, -0.05) is 37.1 Å². The van der Waals surface area contributed by atoms with Crippen molar-refractivity contribution >= 4 is 22.7 Å². The molecule has 0 unspecified atom stereocenters. The number of hydrogen-bond acceptors (Lipinski definition) is 4. The Morgan fingerprint density at radius 1 is 0.682 bits per heavy atom. The van der Waals surface area contributed by atoms with Crippen molar-refractivity contribution in [1.29, 1.82) is 0 Å². The molecule has 0 saturated heterocycles. The normalized spacial score (nSPS) is 21.3. The van der Waals surface area contributed by atoms with E-state index in [1.54, 1.807) is 0 Å². The summed E-state index contributed by atoms with van der Waals surface area (Å²) >= 11 is 0. The Balaban J connectivity index is 1.74. The van der Waals surface area contributed by atoms with E-state index >= 15 is 0 Å². The Kier molecular flexibility index (Phi) is 4.37. The predicted octanol–water partition coefficient (Wildman–Crippen LogP) is 3.69. The first-order chi connectivity index (χ1) is 10.7. The number of para-hydroxylation sites is 4. The fourth-order valence-electron chi connectivity index (χ4n) is 3.13. The lowest BCUT2D eigenvalue weighted by atomic mass is 9.89. The van der Waals surface area contributed by atoms with Crippen LogP contribution in [0.2, 0.25) is 0 Å². The Bertz CT molecular complexity index is 570. The molecule has 3 rings (SSSR count). The van der Waals surface area contributed by atoms with E-state index in [-0.39, 0.29) is 0 Å². The van der Waals surface area contributed by atoms with Gasteiger partial charge in [0.1, 0.15) is 0 Å². The summed E-state index contributed by atoms with van der Waals surface area (Å²) in [6, 6.07) is 16.6. The minimum absolute atomic E-state index is 0.359. The summed E-state index contributed by atoms with van der Waals surface area (Å²) in [5, 5.41) is 7.22. The number of nitrogen functional groups attached to an aromatic ring is 2. The highest BCUT2D eigenvalue weighted by Gasteiger charge is 2.25. The smallest absolute Gasteiger partial charge is 0.0576 e. The lowest BCUT2D eigenvalue weighted by molar-refractivity contribution is 0.424. The van der Waals surface area contributed by atoms with Crippen molar-refractivity contribution < 1.29 is 0 Å². The van der Waals surface area contributed by atoms with Gasteiger partial charge in [-0.15, -0.1) is 0 Å². The summed E-state index contributed by atoms with van der Waals surface area (Å²) in [7, 11) is 0. The second-order valence-electron chi connectivity index (χ2n) is 5.96. The lowest BCUT2D eigenvalue weighted by Gasteiger charge is -2.34. The highest BCUT2D eigenvalue weighted by molar-refractivity contribution is 5.68. The summed E-state index contributed by atoms with van der Waals surface area (Å²) in [4.78, 5) is 0. The predicted molar refractivity (Wildman–Crippen MR) is 95.0 cm³/mol. The molecule has 116 valence electrons. The highest BCUT2D eigenvalue weighted by atomic mass is 15.0. The maximum absolute atomic E-state index is 6.06. The third kappa shape index (κ3) is 3.27. The Labute approximate surface area is 131 Å². The molecule has 4 nitrogen and oxygen atoms in total. The van der Waals surface area contributed by atoms with Gasteiger partial charge in [-0.25, -0.2) is 0 Å². The van der Waals surface area contributed by atoms with Crippen LogP contribution in [-0.4, -0.2) is 12.1 Å². The van der Waals surface area contributed by atoms with Crippen molar-refractivity contribution in [2.45, 2.75) is 37.8 Å². The fraction of sp³-hybridized carbons (Fsp3) is 0.333. The first kappa shape index (κ1) is 14.6. The first-order valence-electron chi connectivity index (χ1n) is 7.96. The van der Waals surface area contributed by atoms with E-state index in [0.29, 0.717) is 12.1 Å². The summed E-state index contributed by atoms with van der Waals surface area (Å²) in [5.41, 5.74) is 15.7. The van der Waals surface area contributed by atoms with Gasteiger partial charge in [-0.2, -0.15) is 0 Å². The zero-order chi connectivity index (χ0) is 15.4. The minimum atomic E-state index is 0.359. The molecule has 6 N–H and O–H groups in total. The molecule has 0 spiro atoms. The molecule has 0 aliphatic heterocycles. The van der Waals surface area contributed by atoms with Crippen LogP contribution in [0.15, 0.2) is 48.5 Å². The molecule has 0 bridgehead atoms. The molecule has 1 fully saturated rings. The second-order valence-corrected chi connectivity index (χ2v) is 5.96. The van der Waals surface area contributed by atoms with Gasteiger partial charge in [0.2, 0.25) is 0 Å². The number of nitrogens with two attached hydrogens (primary N) is 2.